The molecular weight excluding hydrogens is 407 g/mol. The van der Waals surface area contributed by atoms with Crippen LogP contribution in [0.25, 0.3) is 0 Å². The van der Waals surface area contributed by atoms with Gasteiger partial charge in [-0.25, -0.2) is 9.18 Å². The number of piperidine rings is 1. The molecule has 1 unspecified atom stereocenters. The molecule has 1 aliphatic heterocycles. The van der Waals surface area contributed by atoms with Crippen LogP contribution in [0.1, 0.15) is 67.6 Å². The van der Waals surface area contributed by atoms with Crippen LogP contribution in [-0.2, 0) is 4.74 Å². The monoisotopic (exact) mass is 440 g/mol. The van der Waals surface area contributed by atoms with Crippen LogP contribution in [0.15, 0.2) is 48.5 Å². The van der Waals surface area contributed by atoms with Crippen molar-refractivity contribution in [3.63, 3.8) is 0 Å². The van der Waals surface area contributed by atoms with E-state index in [1.165, 1.54) is 12.1 Å². The van der Waals surface area contributed by atoms with Gasteiger partial charge in [0.2, 0.25) is 0 Å². The molecule has 5 nitrogen and oxygen atoms in total. The molecule has 1 heterocycles. The number of likely N-dealkylation sites (tertiary alicyclic amines) is 1. The molecule has 32 heavy (non-hydrogen) atoms. The molecule has 0 radical (unpaired) electrons. The van der Waals surface area contributed by atoms with E-state index in [4.69, 9.17) is 4.74 Å². The van der Waals surface area contributed by atoms with E-state index in [0.29, 0.717) is 30.1 Å². The van der Waals surface area contributed by atoms with Gasteiger partial charge in [0, 0.05) is 18.7 Å². The number of carbonyl (C=O) groups is 2. The molecule has 2 amide bonds. The maximum atomic E-state index is 13.6. The van der Waals surface area contributed by atoms with Gasteiger partial charge in [-0.05, 0) is 82.2 Å². The summed E-state index contributed by atoms with van der Waals surface area (Å²) in [7, 11) is 0. The minimum Gasteiger partial charge on any atom is -0.444 e. The lowest BCUT2D eigenvalue weighted by atomic mass is 9.87. The van der Waals surface area contributed by atoms with Crippen LogP contribution < -0.4 is 5.32 Å². The largest absolute Gasteiger partial charge is 0.444 e. The first-order chi connectivity index (χ1) is 15.1. The van der Waals surface area contributed by atoms with Gasteiger partial charge in [-0.1, -0.05) is 30.3 Å². The van der Waals surface area contributed by atoms with Gasteiger partial charge in [0.05, 0.1) is 6.04 Å². The van der Waals surface area contributed by atoms with Crippen LogP contribution >= 0.6 is 0 Å². The number of hydrogen-bond donors (Lipinski definition) is 1. The number of rotatable bonds is 5. The smallest absolute Gasteiger partial charge is 0.410 e. The molecule has 1 fully saturated rings. The topological polar surface area (TPSA) is 58.6 Å². The second-order valence-electron chi connectivity index (χ2n) is 9.55. The number of nitrogens with zero attached hydrogens (tertiary/aromatic N) is 1. The maximum absolute atomic E-state index is 13.6. The first kappa shape index (κ1) is 23.8. The van der Waals surface area contributed by atoms with Crippen molar-refractivity contribution in [3.05, 3.63) is 71.0 Å². The van der Waals surface area contributed by atoms with Crippen LogP contribution in [0.4, 0.5) is 9.18 Å². The molecule has 6 heteroatoms. The zero-order valence-corrected chi connectivity index (χ0v) is 19.4. The van der Waals surface area contributed by atoms with Crippen molar-refractivity contribution in [2.45, 2.75) is 58.6 Å². The van der Waals surface area contributed by atoms with Crippen LogP contribution in [-0.4, -0.2) is 35.6 Å². The fourth-order valence-corrected chi connectivity index (χ4v) is 4.00. The third-order valence-electron chi connectivity index (χ3n) is 5.76. The fraction of sp³-hybridized carbons (Fsp3) is 0.462. The highest BCUT2D eigenvalue weighted by Gasteiger charge is 2.29. The molecule has 1 aliphatic rings. The molecule has 0 aromatic heterocycles. The Morgan fingerprint density at radius 1 is 1.12 bits per heavy atom. The fourth-order valence-electron chi connectivity index (χ4n) is 4.00. The Labute approximate surface area is 190 Å². The van der Waals surface area contributed by atoms with Gasteiger partial charge in [0.15, 0.2) is 0 Å². The van der Waals surface area contributed by atoms with E-state index in [9.17, 15) is 14.0 Å². The number of halogens is 1. The van der Waals surface area contributed by atoms with Crippen molar-refractivity contribution < 1.29 is 18.7 Å². The Hall–Kier alpha value is -2.89. The number of benzene rings is 2. The predicted octanol–water partition coefficient (Wildman–Crippen LogP) is 5.64. The molecule has 1 atom stereocenters. The molecule has 0 spiro atoms. The summed E-state index contributed by atoms with van der Waals surface area (Å²) >= 11 is 0. The predicted molar refractivity (Wildman–Crippen MR) is 123 cm³/mol. The lowest BCUT2D eigenvalue weighted by molar-refractivity contribution is 0.0178. The summed E-state index contributed by atoms with van der Waals surface area (Å²) in [5.74, 6) is -0.166. The van der Waals surface area contributed by atoms with Crippen LogP contribution in [0.3, 0.4) is 0 Å². The summed E-state index contributed by atoms with van der Waals surface area (Å²) in [5, 5.41) is 3.14. The number of nitrogens with one attached hydrogen (secondary N) is 1. The van der Waals surface area contributed by atoms with Crippen LogP contribution in [0.2, 0.25) is 0 Å². The summed E-state index contributed by atoms with van der Waals surface area (Å²) in [4.78, 5) is 27.0. The number of amides is 2. The highest BCUT2D eigenvalue weighted by atomic mass is 19.1. The molecule has 1 N–H and O–H groups in total. The van der Waals surface area contributed by atoms with Crippen molar-refractivity contribution in [2.75, 3.05) is 13.1 Å². The summed E-state index contributed by atoms with van der Waals surface area (Å²) in [6.07, 6.45) is 2.22. The van der Waals surface area contributed by atoms with Gasteiger partial charge in [-0.2, -0.15) is 0 Å². The van der Waals surface area contributed by atoms with Gasteiger partial charge < -0.3 is 15.0 Å². The van der Waals surface area contributed by atoms with Crippen LogP contribution in [0.5, 0.6) is 0 Å². The van der Waals surface area contributed by atoms with Crippen molar-refractivity contribution in [2.24, 2.45) is 5.92 Å². The summed E-state index contributed by atoms with van der Waals surface area (Å²) in [5.41, 5.74) is 1.43. The molecule has 0 aliphatic carbocycles. The summed E-state index contributed by atoms with van der Waals surface area (Å²) in [6.45, 7) is 8.55. The van der Waals surface area contributed by atoms with Gasteiger partial charge >= 0.3 is 6.09 Å². The van der Waals surface area contributed by atoms with Gasteiger partial charge in [0.1, 0.15) is 11.4 Å². The van der Waals surface area contributed by atoms with E-state index >= 15 is 0 Å². The molecular formula is C26H33FN2O3. The Balaban J connectivity index is 1.65. The normalized spacial score (nSPS) is 15.8. The second-order valence-corrected chi connectivity index (χ2v) is 9.55. The van der Waals surface area contributed by atoms with Crippen molar-refractivity contribution >= 4 is 12.0 Å². The average Bonchev–Trinajstić information content (AvgIpc) is 2.75. The Morgan fingerprint density at radius 3 is 2.38 bits per heavy atom. The van der Waals surface area contributed by atoms with E-state index in [-0.39, 0.29) is 23.9 Å². The quantitative estimate of drug-likeness (QED) is 0.654. The molecule has 2 aromatic rings. The first-order valence-electron chi connectivity index (χ1n) is 11.2. The molecule has 1 saturated heterocycles. The minimum atomic E-state index is -0.505. The molecule has 172 valence electrons. The molecule has 2 aromatic carbocycles. The summed E-state index contributed by atoms with van der Waals surface area (Å²) in [6, 6.07) is 14.1. The number of hydrogen-bond acceptors (Lipinski definition) is 3. The molecule has 0 bridgehead atoms. The highest BCUT2D eigenvalue weighted by Crippen LogP contribution is 2.29. The Kier molecular flexibility index (Phi) is 7.54. The van der Waals surface area contributed by atoms with Crippen LogP contribution in [0, 0.1) is 18.7 Å². The Bertz CT molecular complexity index is 932. The lowest BCUT2D eigenvalue weighted by Crippen LogP contribution is -2.42. The Morgan fingerprint density at radius 2 is 1.78 bits per heavy atom. The van der Waals surface area contributed by atoms with E-state index in [1.807, 2.05) is 51.1 Å². The van der Waals surface area contributed by atoms with E-state index in [0.717, 1.165) is 24.8 Å². The zero-order valence-electron chi connectivity index (χ0n) is 19.4. The maximum Gasteiger partial charge on any atom is 0.410 e. The number of aryl methyl sites for hydroxylation is 1. The van der Waals surface area contributed by atoms with Crippen molar-refractivity contribution in [3.8, 4) is 0 Å². The molecule has 0 saturated carbocycles. The van der Waals surface area contributed by atoms with Crippen molar-refractivity contribution in [1.29, 1.82) is 0 Å². The minimum absolute atomic E-state index is 0.160. The van der Waals surface area contributed by atoms with Gasteiger partial charge in [0.25, 0.3) is 5.91 Å². The third kappa shape index (κ3) is 6.55. The first-order valence-corrected chi connectivity index (χ1v) is 11.2. The van der Waals surface area contributed by atoms with E-state index in [2.05, 4.69) is 5.32 Å². The molecule has 3 rings (SSSR count). The van der Waals surface area contributed by atoms with E-state index < -0.39 is 5.60 Å². The third-order valence-corrected chi connectivity index (χ3v) is 5.76. The lowest BCUT2D eigenvalue weighted by Gasteiger charge is -2.35. The number of ether oxygens (including phenoxy) is 1. The number of carbonyl (C=O) groups excluding carboxylic acids is 2. The highest BCUT2D eigenvalue weighted by molar-refractivity contribution is 5.94. The van der Waals surface area contributed by atoms with E-state index in [1.54, 1.807) is 17.9 Å². The SMILES string of the molecule is Cc1cc(C(=O)NC(CC2CCN(C(=O)OC(C)(C)C)CC2)c2ccccc2)ccc1F. The van der Waals surface area contributed by atoms with Crippen molar-refractivity contribution in [1.82, 2.24) is 10.2 Å². The van der Waals surface area contributed by atoms with Gasteiger partial charge in [-0.15, -0.1) is 0 Å². The van der Waals surface area contributed by atoms with Gasteiger partial charge in [-0.3, -0.25) is 4.79 Å². The second kappa shape index (κ2) is 10.2. The average molecular weight is 441 g/mol. The standard InChI is InChI=1S/C26H33FN2O3/c1-18-16-21(10-11-22(18)27)24(30)28-23(20-8-6-5-7-9-20)17-19-12-14-29(15-13-19)25(31)32-26(2,3)4/h5-11,16,19,23H,12-15,17H2,1-4H3,(H,28,30). The zero-order chi connectivity index (χ0) is 23.3. The summed E-state index contributed by atoms with van der Waals surface area (Å²) < 4.78 is 19.1.